The number of methoxy groups -OCH3 is 1. The van der Waals surface area contributed by atoms with Crippen molar-refractivity contribution in [2.45, 2.75) is 33.7 Å². The fraction of sp³-hybridized carbons (Fsp3) is 0.533. The molecule has 0 spiro atoms. The van der Waals surface area contributed by atoms with Crippen molar-refractivity contribution < 1.29 is 14.6 Å². The van der Waals surface area contributed by atoms with Crippen molar-refractivity contribution in [3.05, 3.63) is 28.8 Å². The molecular formula is C15H23NO3. The molecule has 1 aromatic rings. The number of nitrogens with one attached hydrogen (secondary N) is 1. The molecule has 1 unspecified atom stereocenters. The standard InChI is InChI=1S/C15H23NO3/c1-10-7-12(3)14(19-4)13(8-10)9-16-6-5-11(2)15(17)18/h7-8,11,16H,5-6,9H2,1-4H3,(H,17,18). The number of benzene rings is 1. The zero-order chi connectivity index (χ0) is 14.4. The Bertz CT molecular complexity index is 443. The van der Waals surface area contributed by atoms with Gasteiger partial charge >= 0.3 is 5.97 Å². The largest absolute Gasteiger partial charge is 0.496 e. The average molecular weight is 265 g/mol. The number of aliphatic carboxylic acids is 1. The highest BCUT2D eigenvalue weighted by Crippen LogP contribution is 2.24. The Kier molecular flexibility index (Phi) is 5.83. The number of carboxylic acid groups (broad SMARTS) is 1. The summed E-state index contributed by atoms with van der Waals surface area (Å²) in [7, 11) is 1.67. The average Bonchev–Trinajstić information content (AvgIpc) is 2.33. The summed E-state index contributed by atoms with van der Waals surface area (Å²) < 4.78 is 5.41. The fourth-order valence-electron chi connectivity index (χ4n) is 2.13. The van der Waals surface area contributed by atoms with Crippen LogP contribution in [-0.2, 0) is 11.3 Å². The molecule has 1 atom stereocenters. The molecule has 0 heterocycles. The summed E-state index contributed by atoms with van der Waals surface area (Å²) in [6.45, 7) is 7.19. The Morgan fingerprint density at radius 2 is 2.11 bits per heavy atom. The van der Waals surface area contributed by atoms with Crippen molar-refractivity contribution in [3.8, 4) is 5.75 Å². The highest BCUT2D eigenvalue weighted by atomic mass is 16.5. The molecule has 106 valence electrons. The van der Waals surface area contributed by atoms with E-state index in [1.54, 1.807) is 14.0 Å². The highest BCUT2D eigenvalue weighted by molar-refractivity contribution is 5.69. The van der Waals surface area contributed by atoms with Crippen molar-refractivity contribution >= 4 is 5.97 Å². The van der Waals surface area contributed by atoms with E-state index in [2.05, 4.69) is 24.4 Å². The van der Waals surface area contributed by atoms with Gasteiger partial charge in [0.25, 0.3) is 0 Å². The Morgan fingerprint density at radius 3 is 2.68 bits per heavy atom. The molecule has 2 N–H and O–H groups in total. The predicted molar refractivity (Wildman–Crippen MR) is 75.6 cm³/mol. The number of carboxylic acids is 1. The van der Waals surface area contributed by atoms with Crippen molar-refractivity contribution in [1.29, 1.82) is 0 Å². The number of carbonyl (C=O) groups is 1. The molecule has 1 rings (SSSR count). The third kappa shape index (κ3) is 4.56. The zero-order valence-electron chi connectivity index (χ0n) is 12.1. The van der Waals surface area contributed by atoms with Crippen LogP contribution >= 0.6 is 0 Å². The van der Waals surface area contributed by atoms with Crippen LogP contribution in [0.1, 0.15) is 30.0 Å². The second kappa shape index (κ2) is 7.14. The molecule has 0 saturated carbocycles. The number of hydrogen-bond acceptors (Lipinski definition) is 3. The van der Waals surface area contributed by atoms with Crippen LogP contribution in [0.15, 0.2) is 12.1 Å². The molecule has 4 heteroatoms. The molecule has 0 aliphatic carbocycles. The first-order valence-corrected chi connectivity index (χ1v) is 6.53. The van der Waals surface area contributed by atoms with Gasteiger partial charge < -0.3 is 15.2 Å². The second-order valence-electron chi connectivity index (χ2n) is 4.98. The van der Waals surface area contributed by atoms with E-state index < -0.39 is 5.97 Å². The maximum Gasteiger partial charge on any atom is 0.306 e. The Morgan fingerprint density at radius 1 is 1.42 bits per heavy atom. The van der Waals surface area contributed by atoms with Crippen molar-refractivity contribution in [2.24, 2.45) is 5.92 Å². The normalized spacial score (nSPS) is 12.2. The monoisotopic (exact) mass is 265 g/mol. The van der Waals surface area contributed by atoms with E-state index >= 15 is 0 Å². The quantitative estimate of drug-likeness (QED) is 0.744. The lowest BCUT2D eigenvalue weighted by Gasteiger charge is -2.14. The minimum Gasteiger partial charge on any atom is -0.496 e. The maximum absolute atomic E-state index is 10.7. The molecule has 0 aliphatic rings. The van der Waals surface area contributed by atoms with E-state index in [1.165, 1.54) is 5.56 Å². The van der Waals surface area contributed by atoms with Crippen molar-refractivity contribution in [2.75, 3.05) is 13.7 Å². The van der Waals surface area contributed by atoms with Crippen LogP contribution in [0.25, 0.3) is 0 Å². The van der Waals surface area contributed by atoms with Crippen LogP contribution in [0.4, 0.5) is 0 Å². The molecule has 0 fully saturated rings. The first-order valence-electron chi connectivity index (χ1n) is 6.53. The van der Waals surface area contributed by atoms with E-state index in [0.29, 0.717) is 19.5 Å². The summed E-state index contributed by atoms with van der Waals surface area (Å²) in [4.78, 5) is 10.7. The first kappa shape index (κ1) is 15.5. The minimum atomic E-state index is -0.745. The van der Waals surface area contributed by atoms with Gasteiger partial charge in [-0.2, -0.15) is 0 Å². The predicted octanol–water partition coefficient (Wildman–Crippen LogP) is 2.51. The van der Waals surface area contributed by atoms with E-state index in [-0.39, 0.29) is 5.92 Å². The molecular weight excluding hydrogens is 242 g/mol. The second-order valence-corrected chi connectivity index (χ2v) is 4.98. The minimum absolute atomic E-state index is 0.311. The van der Waals surface area contributed by atoms with Gasteiger partial charge in [0, 0.05) is 12.1 Å². The van der Waals surface area contributed by atoms with Gasteiger partial charge in [0.15, 0.2) is 0 Å². The van der Waals surface area contributed by atoms with Crippen LogP contribution in [0.2, 0.25) is 0 Å². The third-order valence-corrected chi connectivity index (χ3v) is 3.19. The zero-order valence-corrected chi connectivity index (χ0v) is 12.1. The Labute approximate surface area is 114 Å². The van der Waals surface area contributed by atoms with Crippen LogP contribution in [0.3, 0.4) is 0 Å². The smallest absolute Gasteiger partial charge is 0.306 e. The summed E-state index contributed by atoms with van der Waals surface area (Å²) in [5, 5.41) is 12.1. The summed E-state index contributed by atoms with van der Waals surface area (Å²) in [6, 6.07) is 4.19. The molecule has 0 aliphatic heterocycles. The van der Waals surface area contributed by atoms with Gasteiger partial charge in [-0.1, -0.05) is 24.6 Å². The lowest BCUT2D eigenvalue weighted by Crippen LogP contribution is -2.20. The van der Waals surface area contributed by atoms with Crippen LogP contribution in [0, 0.1) is 19.8 Å². The summed E-state index contributed by atoms with van der Waals surface area (Å²) in [5.74, 6) is -0.149. The van der Waals surface area contributed by atoms with Gasteiger partial charge in [0.2, 0.25) is 0 Å². The van der Waals surface area contributed by atoms with E-state index in [1.807, 2.05) is 6.92 Å². The molecule has 1 aromatic carbocycles. The van der Waals surface area contributed by atoms with Gasteiger partial charge in [-0.25, -0.2) is 0 Å². The van der Waals surface area contributed by atoms with E-state index in [0.717, 1.165) is 16.9 Å². The van der Waals surface area contributed by atoms with Gasteiger partial charge in [0.05, 0.1) is 13.0 Å². The van der Waals surface area contributed by atoms with Gasteiger partial charge in [-0.3, -0.25) is 4.79 Å². The van der Waals surface area contributed by atoms with Gasteiger partial charge in [0.1, 0.15) is 5.75 Å². The summed E-state index contributed by atoms with van der Waals surface area (Å²) in [6.07, 6.45) is 0.627. The van der Waals surface area contributed by atoms with Crippen LogP contribution in [0.5, 0.6) is 5.75 Å². The number of hydrogen-bond donors (Lipinski definition) is 2. The molecule has 19 heavy (non-hydrogen) atoms. The fourth-order valence-corrected chi connectivity index (χ4v) is 2.13. The molecule has 0 radical (unpaired) electrons. The first-order chi connectivity index (χ1) is 8.95. The molecule has 0 bridgehead atoms. The van der Waals surface area contributed by atoms with E-state index in [4.69, 9.17) is 9.84 Å². The maximum atomic E-state index is 10.7. The molecule has 0 amide bonds. The topological polar surface area (TPSA) is 58.6 Å². The number of ether oxygens (including phenoxy) is 1. The van der Waals surface area contributed by atoms with Crippen LogP contribution in [-0.4, -0.2) is 24.7 Å². The van der Waals surface area contributed by atoms with E-state index in [9.17, 15) is 4.79 Å². The Hall–Kier alpha value is -1.55. The molecule has 0 aromatic heterocycles. The van der Waals surface area contributed by atoms with Crippen LogP contribution < -0.4 is 10.1 Å². The SMILES string of the molecule is COc1c(C)cc(C)cc1CNCCC(C)C(=O)O. The van der Waals surface area contributed by atoms with Gasteiger partial charge in [-0.05, 0) is 32.4 Å². The van der Waals surface area contributed by atoms with Crippen molar-refractivity contribution in [3.63, 3.8) is 0 Å². The van der Waals surface area contributed by atoms with Gasteiger partial charge in [-0.15, -0.1) is 0 Å². The number of aryl methyl sites for hydroxylation is 2. The van der Waals surface area contributed by atoms with Crippen molar-refractivity contribution in [1.82, 2.24) is 5.32 Å². The third-order valence-electron chi connectivity index (χ3n) is 3.19. The molecule has 0 saturated heterocycles. The number of rotatable bonds is 7. The highest BCUT2D eigenvalue weighted by Gasteiger charge is 2.11. The Balaban J connectivity index is 2.56. The lowest BCUT2D eigenvalue weighted by atomic mass is 10.0. The lowest BCUT2D eigenvalue weighted by molar-refractivity contribution is -0.141. The molecule has 4 nitrogen and oxygen atoms in total. The summed E-state index contributed by atoms with van der Waals surface area (Å²) in [5.41, 5.74) is 3.44. The summed E-state index contributed by atoms with van der Waals surface area (Å²) >= 11 is 0.